The van der Waals surface area contributed by atoms with Crippen LogP contribution in [0.5, 0.6) is 5.88 Å². The molecule has 2 N–H and O–H groups in total. The molecule has 0 spiro atoms. The summed E-state index contributed by atoms with van der Waals surface area (Å²) < 4.78 is 1.56. The van der Waals surface area contributed by atoms with E-state index in [1.165, 1.54) is 0 Å². The maximum absolute atomic E-state index is 13.1. The molecule has 0 saturated carbocycles. The van der Waals surface area contributed by atoms with Gasteiger partial charge in [0.2, 0.25) is 5.88 Å². The third kappa shape index (κ3) is 5.11. The fourth-order valence-electron chi connectivity index (χ4n) is 3.58. The van der Waals surface area contributed by atoms with Crippen molar-refractivity contribution >= 4 is 40.2 Å². The molecule has 0 aliphatic rings. The Balaban J connectivity index is 1.68. The van der Waals surface area contributed by atoms with Crippen molar-refractivity contribution in [2.45, 2.75) is 0 Å². The van der Waals surface area contributed by atoms with Crippen molar-refractivity contribution in [1.29, 1.82) is 0 Å². The Morgan fingerprint density at radius 3 is 2.29 bits per heavy atom. The predicted molar refractivity (Wildman–Crippen MR) is 137 cm³/mol. The minimum absolute atomic E-state index is 0.0417. The van der Waals surface area contributed by atoms with Gasteiger partial charge in [-0.3, -0.25) is 9.59 Å². The molecule has 8 nitrogen and oxygen atoms in total. The minimum Gasteiger partial charge on any atom is -0.493 e. The van der Waals surface area contributed by atoms with E-state index in [9.17, 15) is 14.7 Å². The van der Waals surface area contributed by atoms with Gasteiger partial charge in [-0.25, -0.2) is 0 Å². The van der Waals surface area contributed by atoms with E-state index in [1.807, 2.05) is 61.5 Å². The number of nitrogens with one attached hydrogen (secondary N) is 1. The first-order chi connectivity index (χ1) is 16.8. The lowest BCUT2D eigenvalue weighted by molar-refractivity contribution is -0.115. The molecule has 0 bridgehead atoms. The van der Waals surface area contributed by atoms with Crippen LogP contribution < -0.4 is 10.2 Å². The number of benzene rings is 3. The van der Waals surface area contributed by atoms with Gasteiger partial charge in [0.25, 0.3) is 5.91 Å². The van der Waals surface area contributed by atoms with Crippen LogP contribution in [0.15, 0.2) is 94.8 Å². The zero-order valence-electron chi connectivity index (χ0n) is 19.6. The quantitative estimate of drug-likeness (QED) is 0.307. The highest BCUT2D eigenvalue weighted by molar-refractivity contribution is 6.05. The molecule has 0 radical (unpaired) electrons. The van der Waals surface area contributed by atoms with Gasteiger partial charge >= 0.3 is 5.91 Å². The van der Waals surface area contributed by atoms with Crippen LogP contribution in [0, 0.1) is 0 Å². The number of azo groups is 1. The Kier molecular flexibility index (Phi) is 6.73. The molecule has 35 heavy (non-hydrogen) atoms. The third-order valence-electron chi connectivity index (χ3n) is 5.53. The molecule has 4 rings (SSSR count). The Labute approximate surface area is 202 Å². The average Bonchev–Trinajstić information content (AvgIpc) is 3.12. The molecule has 8 heteroatoms. The summed E-state index contributed by atoms with van der Waals surface area (Å²) in [5, 5.41) is 21.7. The molecule has 3 aromatic carbocycles. The smallest absolute Gasteiger partial charge is 0.311 e. The molecule has 0 aliphatic heterocycles. The number of anilines is 1. The summed E-state index contributed by atoms with van der Waals surface area (Å²) in [4.78, 5) is 27.8. The minimum atomic E-state index is -0.752. The van der Waals surface area contributed by atoms with Gasteiger partial charge in [0.15, 0.2) is 5.69 Å². The van der Waals surface area contributed by atoms with E-state index in [1.54, 1.807) is 54.1 Å². The average molecular weight is 468 g/mol. The summed E-state index contributed by atoms with van der Waals surface area (Å²) in [5.41, 5.74) is 2.99. The van der Waals surface area contributed by atoms with Crippen molar-refractivity contribution in [1.82, 2.24) is 9.88 Å². The number of para-hydroxylation sites is 1. The second-order valence-electron chi connectivity index (χ2n) is 8.12. The number of hydrogen-bond donors (Lipinski definition) is 2. The van der Waals surface area contributed by atoms with Crippen LogP contribution in [0.25, 0.3) is 17.0 Å². The van der Waals surface area contributed by atoms with Crippen LogP contribution in [0.2, 0.25) is 0 Å². The number of aromatic nitrogens is 1. The van der Waals surface area contributed by atoms with Crippen LogP contribution in [0.3, 0.4) is 0 Å². The Hall–Kier alpha value is -4.72. The molecular formula is C27H25N5O3. The van der Waals surface area contributed by atoms with E-state index >= 15 is 0 Å². The molecule has 4 aromatic rings. The summed E-state index contributed by atoms with van der Waals surface area (Å²) in [5.74, 6) is -1.31. The van der Waals surface area contributed by atoms with Crippen LogP contribution in [0.1, 0.15) is 15.9 Å². The molecule has 0 atom stereocenters. The lowest BCUT2D eigenvalue weighted by Gasteiger charge is -2.12. The zero-order chi connectivity index (χ0) is 24.9. The van der Waals surface area contributed by atoms with E-state index in [0.717, 1.165) is 11.2 Å². The zero-order valence-corrected chi connectivity index (χ0v) is 19.6. The Morgan fingerprint density at radius 2 is 1.60 bits per heavy atom. The number of hydrogen-bond acceptors (Lipinski definition) is 5. The predicted octanol–water partition coefficient (Wildman–Crippen LogP) is 5.03. The number of carbonyl (C=O) groups excluding carboxylic acids is 2. The number of carbonyl (C=O) groups is 2. The van der Waals surface area contributed by atoms with Gasteiger partial charge in [0.05, 0.1) is 5.52 Å². The van der Waals surface area contributed by atoms with Crippen molar-refractivity contribution in [3.05, 3.63) is 95.7 Å². The first kappa shape index (κ1) is 23.4. The molecule has 0 aliphatic carbocycles. The van der Waals surface area contributed by atoms with Crippen molar-refractivity contribution in [2.75, 3.05) is 19.0 Å². The first-order valence-corrected chi connectivity index (χ1v) is 10.9. The van der Waals surface area contributed by atoms with Crippen LogP contribution in [-0.4, -0.2) is 35.6 Å². The second kappa shape index (κ2) is 10.0. The lowest BCUT2D eigenvalue weighted by Crippen LogP contribution is -2.26. The van der Waals surface area contributed by atoms with E-state index in [4.69, 9.17) is 0 Å². The van der Waals surface area contributed by atoms with Gasteiger partial charge in [-0.15, -0.1) is 10.2 Å². The van der Waals surface area contributed by atoms with Gasteiger partial charge < -0.3 is 19.9 Å². The first-order valence-electron chi connectivity index (χ1n) is 10.9. The summed E-state index contributed by atoms with van der Waals surface area (Å²) in [6.07, 6.45) is 1.55. The number of fused-ring (bicyclic) bond motifs is 1. The summed E-state index contributed by atoms with van der Waals surface area (Å²) in [6, 6.07) is 23.3. The van der Waals surface area contributed by atoms with Crippen molar-refractivity contribution < 1.29 is 14.7 Å². The largest absolute Gasteiger partial charge is 0.493 e. The summed E-state index contributed by atoms with van der Waals surface area (Å²) >= 11 is 0. The normalized spacial score (nSPS) is 11.7. The number of aryl methyl sites for hydroxylation is 1. The van der Waals surface area contributed by atoms with Crippen molar-refractivity contribution in [3.8, 4) is 5.88 Å². The maximum Gasteiger partial charge on any atom is 0.311 e. The summed E-state index contributed by atoms with van der Waals surface area (Å²) in [6.45, 7) is 0. The molecule has 2 amide bonds. The lowest BCUT2D eigenvalue weighted by atomic mass is 10.1. The topological polar surface area (TPSA) is 99.3 Å². The highest BCUT2D eigenvalue weighted by atomic mass is 16.3. The highest BCUT2D eigenvalue weighted by Gasteiger charge is 2.17. The van der Waals surface area contributed by atoms with Crippen molar-refractivity contribution in [3.63, 3.8) is 0 Å². The molecular weight excluding hydrogens is 442 g/mol. The fraction of sp³-hybridized carbons (Fsp3) is 0.111. The number of aromatic hydroxyl groups is 1. The van der Waals surface area contributed by atoms with Gasteiger partial charge in [-0.05, 0) is 42.0 Å². The number of nitrogens with zero attached hydrogens (tertiary/aromatic N) is 4. The van der Waals surface area contributed by atoms with Gasteiger partial charge in [0, 0.05) is 37.8 Å². The van der Waals surface area contributed by atoms with E-state index in [0.29, 0.717) is 16.5 Å². The van der Waals surface area contributed by atoms with Gasteiger partial charge in [-0.1, -0.05) is 48.5 Å². The van der Waals surface area contributed by atoms with E-state index in [-0.39, 0.29) is 17.3 Å². The SMILES string of the molecule is CN(C)c1ccc(C=C(NC(=O)c2ccccc2)C(=O)N=Nc2c(O)n(C)c3ccccc23)cc1. The fourth-order valence-corrected chi connectivity index (χ4v) is 3.58. The van der Waals surface area contributed by atoms with Gasteiger partial charge in [0.1, 0.15) is 5.70 Å². The van der Waals surface area contributed by atoms with Crippen molar-refractivity contribution in [2.24, 2.45) is 17.3 Å². The Bertz CT molecular complexity index is 1440. The molecule has 176 valence electrons. The maximum atomic E-state index is 13.1. The highest BCUT2D eigenvalue weighted by Crippen LogP contribution is 2.37. The summed E-state index contributed by atoms with van der Waals surface area (Å²) in [7, 11) is 5.56. The number of amides is 2. The molecule has 0 fully saturated rings. The molecule has 1 aromatic heterocycles. The molecule has 1 heterocycles. The monoisotopic (exact) mass is 467 g/mol. The second-order valence-corrected chi connectivity index (χ2v) is 8.12. The van der Waals surface area contributed by atoms with Crippen LogP contribution in [-0.2, 0) is 11.8 Å². The van der Waals surface area contributed by atoms with E-state index < -0.39 is 11.8 Å². The van der Waals surface area contributed by atoms with Gasteiger partial charge in [-0.2, -0.15) is 0 Å². The van der Waals surface area contributed by atoms with E-state index in [2.05, 4.69) is 15.5 Å². The Morgan fingerprint density at radius 1 is 0.943 bits per heavy atom. The number of rotatable bonds is 6. The molecule has 0 unspecified atom stereocenters. The molecule has 0 saturated heterocycles. The standard InChI is InChI=1S/C27H25N5O3/c1-31(2)20-15-13-18(14-16-20)17-22(28-25(33)19-9-5-4-6-10-19)26(34)30-29-24-21-11-7-8-12-23(21)32(3)27(24)35/h4-17,35H,1-3H3,(H,28,33). The van der Waals surface area contributed by atoms with Crippen LogP contribution >= 0.6 is 0 Å². The van der Waals surface area contributed by atoms with Crippen LogP contribution in [0.4, 0.5) is 11.4 Å². The third-order valence-corrected chi connectivity index (χ3v) is 5.53.